The van der Waals surface area contributed by atoms with Crippen LogP contribution in [-0.2, 0) is 14.3 Å². The first-order valence-corrected chi connectivity index (χ1v) is 9.92. The molecule has 0 unspecified atom stereocenters. The topological polar surface area (TPSA) is 87.2 Å². The van der Waals surface area contributed by atoms with Crippen LogP contribution in [0.3, 0.4) is 0 Å². The molecule has 1 N–H and O–H groups in total. The van der Waals surface area contributed by atoms with Gasteiger partial charge in [0.25, 0.3) is 0 Å². The maximum atomic E-state index is 13.9. The second-order valence-corrected chi connectivity index (χ2v) is 8.88. The Labute approximate surface area is 173 Å². The van der Waals surface area contributed by atoms with E-state index in [2.05, 4.69) is 0 Å². The summed E-state index contributed by atoms with van der Waals surface area (Å²) in [5.41, 5.74) is -1.93. The number of amides is 2. The Bertz CT molecular complexity index is 841. The van der Waals surface area contributed by atoms with E-state index in [0.717, 1.165) is 17.0 Å². The number of halogens is 2. The average Bonchev–Trinajstić information content (AvgIpc) is 3.07. The van der Waals surface area contributed by atoms with Crippen LogP contribution in [0, 0.1) is 11.6 Å². The summed E-state index contributed by atoms with van der Waals surface area (Å²) in [5, 5.41) is 9.37. The molecule has 1 heterocycles. The minimum atomic E-state index is -1.25. The molecule has 1 aromatic rings. The number of aliphatic carboxylic acids is 1. The van der Waals surface area contributed by atoms with Crippen molar-refractivity contribution in [2.75, 3.05) is 13.1 Å². The quantitative estimate of drug-likeness (QED) is 0.803. The Balaban J connectivity index is 2.08. The average molecular weight is 424 g/mol. The molecule has 2 amide bonds. The van der Waals surface area contributed by atoms with E-state index in [1.807, 2.05) is 0 Å². The Morgan fingerprint density at radius 1 is 1.17 bits per heavy atom. The molecule has 1 saturated heterocycles. The van der Waals surface area contributed by atoms with Gasteiger partial charge in [-0.05, 0) is 51.3 Å². The van der Waals surface area contributed by atoms with Gasteiger partial charge in [-0.2, -0.15) is 0 Å². The van der Waals surface area contributed by atoms with E-state index in [-0.39, 0.29) is 12.1 Å². The molecule has 1 aliphatic heterocycles. The summed E-state index contributed by atoms with van der Waals surface area (Å²) in [7, 11) is 0. The van der Waals surface area contributed by atoms with Crippen molar-refractivity contribution in [1.29, 1.82) is 0 Å². The maximum Gasteiger partial charge on any atom is 0.411 e. The zero-order chi connectivity index (χ0) is 22.3. The summed E-state index contributed by atoms with van der Waals surface area (Å²) in [6.07, 6.45) is 1.46. The Kier molecular flexibility index (Phi) is 5.75. The van der Waals surface area contributed by atoms with Crippen LogP contribution in [0.15, 0.2) is 18.2 Å². The number of carbonyl (C=O) groups excluding carboxylic acids is 2. The lowest BCUT2D eigenvalue weighted by Crippen LogP contribution is -2.67. The van der Waals surface area contributed by atoms with Gasteiger partial charge in [-0.25, -0.2) is 13.6 Å². The molecule has 1 saturated carbocycles. The number of carboxylic acid groups (broad SMARTS) is 1. The molecular weight excluding hydrogens is 398 g/mol. The van der Waals surface area contributed by atoms with Crippen molar-refractivity contribution >= 4 is 18.0 Å². The molecule has 9 heteroatoms. The Hall–Kier alpha value is -2.71. The van der Waals surface area contributed by atoms with Crippen molar-refractivity contribution in [1.82, 2.24) is 9.80 Å². The lowest BCUT2D eigenvalue weighted by molar-refractivity contribution is -0.161. The summed E-state index contributed by atoms with van der Waals surface area (Å²) in [5.74, 6) is -3.48. The summed E-state index contributed by atoms with van der Waals surface area (Å²) in [4.78, 5) is 40.5. The second kappa shape index (κ2) is 7.85. The summed E-state index contributed by atoms with van der Waals surface area (Å²) >= 11 is 0. The number of carboxylic acids is 1. The fourth-order valence-corrected chi connectivity index (χ4v) is 4.36. The number of benzene rings is 1. The Morgan fingerprint density at radius 3 is 2.23 bits per heavy atom. The standard InChI is InChI=1S/C21H26F2N2O5/c1-20(2,3)30-19(29)25-11-16(13-8-14(22)10-15(23)9-13)24(12-17(26)27)18(28)21(25)6-4-5-7-21/h8-10,16H,4-7,11-12H2,1-3H3,(H,26,27)/t16-/m0/s1. The van der Waals surface area contributed by atoms with Gasteiger partial charge in [0.1, 0.15) is 29.3 Å². The van der Waals surface area contributed by atoms with Crippen LogP contribution in [0.1, 0.15) is 58.1 Å². The third-order valence-corrected chi connectivity index (χ3v) is 5.53. The Morgan fingerprint density at radius 2 is 1.73 bits per heavy atom. The first-order valence-electron chi connectivity index (χ1n) is 9.92. The first kappa shape index (κ1) is 22.0. The largest absolute Gasteiger partial charge is 0.480 e. The molecule has 7 nitrogen and oxygen atoms in total. The van der Waals surface area contributed by atoms with Crippen molar-refractivity contribution in [3.05, 3.63) is 35.4 Å². The zero-order valence-electron chi connectivity index (χ0n) is 17.3. The van der Waals surface area contributed by atoms with Gasteiger partial charge in [-0.1, -0.05) is 12.8 Å². The smallest absolute Gasteiger partial charge is 0.411 e. The number of carbonyl (C=O) groups is 3. The summed E-state index contributed by atoms with van der Waals surface area (Å²) in [6.45, 7) is 4.36. The highest BCUT2D eigenvalue weighted by Crippen LogP contribution is 2.44. The van der Waals surface area contributed by atoms with Crippen molar-refractivity contribution in [3.8, 4) is 0 Å². The maximum absolute atomic E-state index is 13.9. The van der Waals surface area contributed by atoms with Gasteiger partial charge >= 0.3 is 12.1 Å². The number of piperazine rings is 1. The highest BCUT2D eigenvalue weighted by Gasteiger charge is 2.56. The van der Waals surface area contributed by atoms with Crippen molar-refractivity contribution in [3.63, 3.8) is 0 Å². The van der Waals surface area contributed by atoms with E-state index in [9.17, 15) is 28.3 Å². The van der Waals surface area contributed by atoms with Crippen LogP contribution < -0.4 is 0 Å². The molecule has 1 aromatic carbocycles. The van der Waals surface area contributed by atoms with Crippen molar-refractivity contribution in [2.24, 2.45) is 0 Å². The third kappa shape index (κ3) is 4.24. The molecule has 1 spiro atoms. The van der Waals surface area contributed by atoms with Gasteiger partial charge in [-0.3, -0.25) is 14.5 Å². The van der Waals surface area contributed by atoms with Gasteiger partial charge in [0, 0.05) is 12.6 Å². The molecule has 0 bridgehead atoms. The van der Waals surface area contributed by atoms with Gasteiger partial charge in [0.2, 0.25) is 5.91 Å². The predicted octanol–water partition coefficient (Wildman–Crippen LogP) is 3.48. The number of rotatable bonds is 3. The third-order valence-electron chi connectivity index (χ3n) is 5.53. The molecule has 30 heavy (non-hydrogen) atoms. The van der Waals surface area contributed by atoms with E-state index in [4.69, 9.17) is 4.74 Å². The van der Waals surface area contributed by atoms with E-state index in [1.165, 1.54) is 4.90 Å². The van der Waals surface area contributed by atoms with E-state index >= 15 is 0 Å². The summed E-state index contributed by atoms with van der Waals surface area (Å²) in [6, 6.07) is 1.78. The minimum absolute atomic E-state index is 0.0866. The van der Waals surface area contributed by atoms with Gasteiger partial charge in [0.05, 0.1) is 6.04 Å². The van der Waals surface area contributed by atoms with E-state index in [1.54, 1.807) is 20.8 Å². The van der Waals surface area contributed by atoms with Crippen molar-refractivity contribution in [2.45, 2.75) is 63.6 Å². The van der Waals surface area contributed by atoms with Crippen molar-refractivity contribution < 1.29 is 33.0 Å². The normalized spacial score (nSPS) is 21.2. The lowest BCUT2D eigenvalue weighted by atomic mass is 9.87. The van der Waals surface area contributed by atoms with E-state index < -0.39 is 53.3 Å². The molecule has 2 aliphatic rings. The monoisotopic (exact) mass is 424 g/mol. The van der Waals surface area contributed by atoms with Crippen LogP contribution in [0.25, 0.3) is 0 Å². The van der Waals surface area contributed by atoms with Crippen LogP contribution in [0.5, 0.6) is 0 Å². The second-order valence-electron chi connectivity index (χ2n) is 8.88. The number of hydrogen-bond donors (Lipinski definition) is 1. The van der Waals surface area contributed by atoms with Crippen LogP contribution in [-0.4, -0.2) is 57.1 Å². The molecule has 164 valence electrons. The fourth-order valence-electron chi connectivity index (χ4n) is 4.36. The highest BCUT2D eigenvalue weighted by atomic mass is 19.1. The molecule has 0 aromatic heterocycles. The molecule has 1 atom stereocenters. The molecule has 1 aliphatic carbocycles. The lowest BCUT2D eigenvalue weighted by Gasteiger charge is -2.51. The number of hydrogen-bond acceptors (Lipinski definition) is 4. The highest BCUT2D eigenvalue weighted by molar-refractivity contribution is 5.93. The van der Waals surface area contributed by atoms with Gasteiger partial charge in [-0.15, -0.1) is 0 Å². The predicted molar refractivity (Wildman–Crippen MR) is 103 cm³/mol. The molecular formula is C21H26F2N2O5. The number of ether oxygens (including phenoxy) is 1. The summed E-state index contributed by atoms with van der Waals surface area (Å²) < 4.78 is 33.3. The van der Waals surface area contributed by atoms with Crippen LogP contribution >= 0.6 is 0 Å². The number of nitrogens with zero attached hydrogens (tertiary/aromatic N) is 2. The van der Waals surface area contributed by atoms with E-state index in [0.29, 0.717) is 31.7 Å². The minimum Gasteiger partial charge on any atom is -0.480 e. The molecule has 0 radical (unpaired) electrons. The van der Waals surface area contributed by atoms with Crippen LogP contribution in [0.4, 0.5) is 13.6 Å². The molecule has 3 rings (SSSR count). The van der Waals surface area contributed by atoms with Crippen LogP contribution in [0.2, 0.25) is 0 Å². The van der Waals surface area contributed by atoms with Gasteiger partial charge in [0.15, 0.2) is 0 Å². The zero-order valence-corrected chi connectivity index (χ0v) is 17.3. The van der Waals surface area contributed by atoms with Gasteiger partial charge < -0.3 is 14.7 Å². The fraction of sp³-hybridized carbons (Fsp3) is 0.571. The SMILES string of the molecule is CC(C)(C)OC(=O)N1C[C@@H](c2cc(F)cc(F)c2)N(CC(=O)O)C(=O)C12CCCC2. The first-order chi connectivity index (χ1) is 13.9. The molecule has 2 fully saturated rings.